The lowest BCUT2D eigenvalue weighted by molar-refractivity contribution is -0.121. The van der Waals surface area contributed by atoms with E-state index in [1.807, 2.05) is 0 Å². The summed E-state index contributed by atoms with van der Waals surface area (Å²) in [6.45, 7) is 7.11. The Morgan fingerprint density at radius 2 is 2.00 bits per heavy atom. The molecule has 1 atom stereocenters. The highest BCUT2D eigenvalue weighted by atomic mass is 32.2. The minimum absolute atomic E-state index is 0.102. The van der Waals surface area contributed by atoms with Crippen LogP contribution in [-0.2, 0) is 16.2 Å². The first-order valence-electron chi connectivity index (χ1n) is 3.18. The van der Waals surface area contributed by atoms with Crippen molar-refractivity contribution in [3.63, 3.8) is 0 Å². The van der Waals surface area contributed by atoms with E-state index >= 15 is 0 Å². The number of carbonyl (C=O) groups is 1. The van der Waals surface area contributed by atoms with Crippen LogP contribution in [0.2, 0.25) is 0 Å². The van der Waals surface area contributed by atoms with Crippen molar-refractivity contribution in [1.29, 1.82) is 0 Å². The molecule has 0 aromatic carbocycles. The van der Waals surface area contributed by atoms with Gasteiger partial charge >= 0.3 is 0 Å². The maximum Gasteiger partial charge on any atom is 0.249 e. The van der Waals surface area contributed by atoms with E-state index in [1.165, 1.54) is 0 Å². The van der Waals surface area contributed by atoms with Crippen LogP contribution in [0.1, 0.15) is 6.92 Å². The van der Waals surface area contributed by atoms with Crippen LogP contribution in [0.3, 0.4) is 0 Å². The lowest BCUT2D eigenvalue weighted by Crippen LogP contribution is -2.09. The van der Waals surface area contributed by atoms with E-state index in [9.17, 15) is 4.79 Å². The molecule has 1 N–H and O–H groups in total. The van der Waals surface area contributed by atoms with Crippen molar-refractivity contribution in [2.45, 2.75) is 6.92 Å². The van der Waals surface area contributed by atoms with Crippen LogP contribution in [-0.4, -0.2) is 37.2 Å². The van der Waals surface area contributed by atoms with Gasteiger partial charge in [0.15, 0.2) is 0 Å². The fraction of sp³-hybridized carbons (Fsp3) is 0.500. The van der Waals surface area contributed by atoms with Crippen LogP contribution in [0.25, 0.3) is 0 Å². The summed E-state index contributed by atoms with van der Waals surface area (Å²) in [5.41, 5.74) is 0.641. The molecule has 0 aliphatic carbocycles. The third kappa shape index (κ3) is 6.02. The molecule has 12 heavy (non-hydrogen) atoms. The first kappa shape index (κ1) is 11.3. The number of nitrogens with zero attached hydrogens (tertiary/aromatic N) is 1. The van der Waals surface area contributed by atoms with Gasteiger partial charge < -0.3 is 14.0 Å². The van der Waals surface area contributed by atoms with Gasteiger partial charge in [0.05, 0.1) is 11.4 Å². The van der Waals surface area contributed by atoms with E-state index in [0.717, 1.165) is 13.1 Å². The zero-order chi connectivity index (χ0) is 9.72. The molecule has 1 amide bonds. The van der Waals surface area contributed by atoms with Crippen LogP contribution in [0.5, 0.6) is 0 Å². The molecule has 1 unspecified atom stereocenters. The van der Waals surface area contributed by atoms with Crippen molar-refractivity contribution < 1.29 is 18.1 Å². The highest BCUT2D eigenvalue weighted by molar-refractivity contribution is 7.73. The molecule has 1 fully saturated rings. The van der Waals surface area contributed by atoms with E-state index in [1.54, 1.807) is 11.8 Å². The summed E-state index contributed by atoms with van der Waals surface area (Å²) in [5, 5.41) is 0. The van der Waals surface area contributed by atoms with Crippen molar-refractivity contribution in [3.8, 4) is 0 Å². The predicted molar refractivity (Wildman–Crippen MR) is 42.9 cm³/mol. The number of rotatable bonds is 1. The van der Waals surface area contributed by atoms with Crippen molar-refractivity contribution in [3.05, 3.63) is 12.2 Å². The molecule has 1 saturated heterocycles. The van der Waals surface area contributed by atoms with E-state index in [2.05, 4.69) is 6.58 Å². The maximum absolute atomic E-state index is 10.7. The Hall–Kier alpha value is -0.720. The highest BCUT2D eigenvalue weighted by Crippen LogP contribution is 2.07. The van der Waals surface area contributed by atoms with Crippen molar-refractivity contribution >= 4 is 17.3 Å². The molecule has 1 aliphatic rings. The Balaban J connectivity index is 0.000000261. The van der Waals surface area contributed by atoms with E-state index < -0.39 is 11.4 Å². The topological polar surface area (TPSA) is 80.4 Å². The Kier molecular flexibility index (Phi) is 4.72. The lowest BCUT2D eigenvalue weighted by Gasteiger charge is -1.95. The van der Waals surface area contributed by atoms with Gasteiger partial charge in [0.1, 0.15) is 0 Å². The summed E-state index contributed by atoms with van der Waals surface area (Å²) < 4.78 is 24.1. The molecule has 0 radical (unpaired) electrons. The lowest BCUT2D eigenvalue weighted by atomic mass is 10.3. The van der Waals surface area contributed by atoms with Crippen LogP contribution in [0.4, 0.5) is 0 Å². The number of hydrogen-bond acceptors (Lipinski definition) is 3. The molecule has 5 nitrogen and oxygen atoms in total. The second kappa shape index (κ2) is 5.02. The molecule has 0 aromatic rings. The predicted octanol–water partition coefficient (Wildman–Crippen LogP) is -0.257. The van der Waals surface area contributed by atoms with E-state index in [-0.39, 0.29) is 5.91 Å². The molecular weight excluding hydrogens is 182 g/mol. The zero-order valence-corrected chi connectivity index (χ0v) is 7.47. The molecule has 0 bridgehead atoms. The fourth-order valence-electron chi connectivity index (χ4n) is 0.523. The number of amides is 1. The van der Waals surface area contributed by atoms with E-state index in [0.29, 0.717) is 5.57 Å². The Morgan fingerprint density at radius 1 is 1.67 bits per heavy atom. The molecule has 1 rings (SSSR count). The summed E-state index contributed by atoms with van der Waals surface area (Å²) >= 11 is -2.86. The molecule has 6 heteroatoms. The molecule has 0 saturated carbocycles. The molecule has 1 heterocycles. The quantitative estimate of drug-likeness (QED) is 0.352. The molecule has 0 aromatic heterocycles. The molecule has 1 aliphatic heterocycles. The Bertz CT molecular complexity index is 208. The summed E-state index contributed by atoms with van der Waals surface area (Å²) in [6.07, 6.45) is 0. The average molecular weight is 192 g/mol. The number of hydrogen-bond donors (Lipinski definition) is 1. The monoisotopic (exact) mass is 192 g/mol. The summed E-state index contributed by atoms with van der Waals surface area (Å²) in [4.78, 5) is 12.5. The van der Waals surface area contributed by atoms with Crippen molar-refractivity contribution in [2.75, 3.05) is 13.1 Å². The molecular formula is C6H10NO4S-. The summed E-state index contributed by atoms with van der Waals surface area (Å²) in [5.74, 6) is 0.102. The third-order valence-electron chi connectivity index (χ3n) is 1.10. The molecule has 70 valence electrons. The highest BCUT2D eigenvalue weighted by Gasteiger charge is 2.23. The van der Waals surface area contributed by atoms with Gasteiger partial charge in [0.2, 0.25) is 5.91 Å². The van der Waals surface area contributed by atoms with Gasteiger partial charge in [0.25, 0.3) is 0 Å². The van der Waals surface area contributed by atoms with Gasteiger partial charge in [0, 0.05) is 18.7 Å². The van der Waals surface area contributed by atoms with Gasteiger partial charge in [-0.2, -0.15) is 0 Å². The van der Waals surface area contributed by atoms with Crippen molar-refractivity contribution in [1.82, 2.24) is 4.90 Å². The smallest absolute Gasteiger partial charge is 0.249 e. The first-order valence-corrected chi connectivity index (χ1v) is 4.21. The fourth-order valence-corrected chi connectivity index (χ4v) is 0.523. The maximum atomic E-state index is 10.7. The van der Waals surface area contributed by atoms with Crippen LogP contribution < -0.4 is 0 Å². The number of carbonyl (C=O) groups excluding carboxylic acids is 1. The average Bonchev–Trinajstić information content (AvgIpc) is 2.65. The van der Waals surface area contributed by atoms with Gasteiger partial charge in [-0.05, 0) is 6.92 Å². The van der Waals surface area contributed by atoms with Gasteiger partial charge in [-0.3, -0.25) is 4.79 Å². The molecule has 0 spiro atoms. The van der Waals surface area contributed by atoms with Gasteiger partial charge in [-0.1, -0.05) is 6.58 Å². The zero-order valence-electron chi connectivity index (χ0n) is 6.65. The van der Waals surface area contributed by atoms with Crippen LogP contribution in [0.15, 0.2) is 12.2 Å². The largest absolute Gasteiger partial charge is 0.750 e. The first-order chi connectivity index (χ1) is 5.45. The van der Waals surface area contributed by atoms with Crippen LogP contribution >= 0.6 is 0 Å². The second-order valence-electron chi connectivity index (χ2n) is 2.29. The van der Waals surface area contributed by atoms with Crippen LogP contribution in [0, 0.1) is 0 Å². The minimum Gasteiger partial charge on any atom is -0.750 e. The third-order valence-corrected chi connectivity index (χ3v) is 1.10. The van der Waals surface area contributed by atoms with Gasteiger partial charge in [-0.25, -0.2) is 4.21 Å². The van der Waals surface area contributed by atoms with Crippen molar-refractivity contribution in [2.24, 2.45) is 0 Å². The normalized spacial score (nSPS) is 15.8. The standard InChI is InChI=1S/C6H9NO.H2O3S/c1-5(2)6(8)7-3-4-7;1-4(2)3/h1,3-4H2,2H3;(H2,1,2,3)/p-1. The SMILES string of the molecule is C=C(C)C(=O)N1CC1.O=S([O-])O. The Morgan fingerprint density at radius 3 is 2.08 bits per heavy atom. The second-order valence-corrected chi connectivity index (χ2v) is 2.72. The minimum atomic E-state index is -2.86. The Labute approximate surface area is 73.2 Å². The summed E-state index contributed by atoms with van der Waals surface area (Å²) in [7, 11) is 0. The summed E-state index contributed by atoms with van der Waals surface area (Å²) in [6, 6.07) is 0. The van der Waals surface area contributed by atoms with E-state index in [4.69, 9.17) is 13.3 Å². The van der Waals surface area contributed by atoms with Gasteiger partial charge in [-0.15, -0.1) is 0 Å².